The van der Waals surface area contributed by atoms with E-state index in [1.807, 2.05) is 12.1 Å². The molecule has 0 saturated carbocycles. The second-order valence-corrected chi connectivity index (χ2v) is 4.64. The molecule has 1 aromatic carbocycles. The fourth-order valence-corrected chi connectivity index (χ4v) is 2.11. The highest BCUT2D eigenvalue weighted by Gasteiger charge is 2.04. The normalized spacial score (nSPS) is 10.5. The predicted octanol–water partition coefficient (Wildman–Crippen LogP) is 3.35. The van der Waals surface area contributed by atoms with E-state index >= 15 is 0 Å². The van der Waals surface area contributed by atoms with Gasteiger partial charge in [-0.05, 0) is 48.2 Å². The summed E-state index contributed by atoms with van der Waals surface area (Å²) in [4.78, 5) is 4.02. The molecule has 17 heavy (non-hydrogen) atoms. The zero-order chi connectivity index (χ0) is 12.3. The molecule has 1 heterocycles. The van der Waals surface area contributed by atoms with Crippen molar-refractivity contribution < 1.29 is 4.39 Å². The zero-order valence-corrected chi connectivity index (χ0v) is 10.7. The molecule has 0 unspecified atom stereocenters. The molecule has 2 aromatic rings. The number of nitrogens with zero attached hydrogens (tertiary/aromatic N) is 1. The van der Waals surface area contributed by atoms with Gasteiger partial charge in [0, 0.05) is 10.7 Å². The number of nitrogen functional groups attached to an aromatic ring is 1. The third-order valence-electron chi connectivity index (χ3n) is 2.60. The first kappa shape index (κ1) is 12.0. The molecule has 2 N–H and O–H groups in total. The Morgan fingerprint density at radius 1 is 1.18 bits per heavy atom. The minimum absolute atomic E-state index is 0.220. The number of nitrogens with two attached hydrogens (primary N) is 1. The first-order valence-corrected chi connectivity index (χ1v) is 6.09. The third-order valence-corrected chi connectivity index (χ3v) is 3.37. The first-order chi connectivity index (χ1) is 8.16. The average molecular weight is 295 g/mol. The molecule has 0 bridgehead atoms. The van der Waals surface area contributed by atoms with Gasteiger partial charge in [-0.2, -0.15) is 0 Å². The molecule has 88 valence electrons. The first-order valence-electron chi connectivity index (χ1n) is 5.30. The lowest BCUT2D eigenvalue weighted by Crippen LogP contribution is -1.99. The number of anilines is 1. The number of rotatable bonds is 3. The molecule has 1 aromatic heterocycles. The van der Waals surface area contributed by atoms with Crippen LogP contribution in [0.1, 0.15) is 11.1 Å². The van der Waals surface area contributed by atoms with Crippen molar-refractivity contribution in [3.05, 3.63) is 57.9 Å². The molecular weight excluding hydrogens is 283 g/mol. The van der Waals surface area contributed by atoms with E-state index < -0.39 is 0 Å². The molecule has 0 amide bonds. The van der Waals surface area contributed by atoms with Crippen LogP contribution in [0.5, 0.6) is 0 Å². The minimum atomic E-state index is -0.220. The van der Waals surface area contributed by atoms with Gasteiger partial charge in [0.05, 0.1) is 0 Å². The van der Waals surface area contributed by atoms with Crippen molar-refractivity contribution in [2.24, 2.45) is 0 Å². The van der Waals surface area contributed by atoms with Gasteiger partial charge in [0.25, 0.3) is 0 Å². The predicted molar refractivity (Wildman–Crippen MR) is 70.2 cm³/mol. The van der Waals surface area contributed by atoms with E-state index in [9.17, 15) is 4.39 Å². The number of aromatic nitrogens is 1. The Morgan fingerprint density at radius 2 is 1.94 bits per heavy atom. The minimum Gasteiger partial charge on any atom is -0.383 e. The Balaban J connectivity index is 2.12. The summed E-state index contributed by atoms with van der Waals surface area (Å²) in [7, 11) is 0. The summed E-state index contributed by atoms with van der Waals surface area (Å²) in [6.07, 6.45) is 3.15. The number of halogens is 2. The largest absolute Gasteiger partial charge is 0.383 e. The number of aryl methyl sites for hydroxylation is 2. The van der Waals surface area contributed by atoms with E-state index in [-0.39, 0.29) is 5.82 Å². The third kappa shape index (κ3) is 3.03. The van der Waals surface area contributed by atoms with Crippen molar-refractivity contribution in [3.8, 4) is 0 Å². The summed E-state index contributed by atoms with van der Waals surface area (Å²) in [6.45, 7) is 0. The molecule has 4 heteroatoms. The number of benzene rings is 1. The van der Waals surface area contributed by atoms with Gasteiger partial charge in [0.2, 0.25) is 0 Å². The highest BCUT2D eigenvalue weighted by Crippen LogP contribution is 2.20. The van der Waals surface area contributed by atoms with E-state index in [0.29, 0.717) is 5.82 Å². The number of hydrogen-bond acceptors (Lipinski definition) is 2. The van der Waals surface area contributed by atoms with Crippen LogP contribution in [-0.4, -0.2) is 4.98 Å². The maximum absolute atomic E-state index is 13.1. The van der Waals surface area contributed by atoms with Gasteiger partial charge in [-0.15, -0.1) is 0 Å². The highest BCUT2D eigenvalue weighted by molar-refractivity contribution is 9.10. The number of hydrogen-bond donors (Lipinski definition) is 1. The Labute approximate surface area is 108 Å². The Kier molecular flexibility index (Phi) is 3.74. The molecular formula is C13H12BrFN2. The summed E-state index contributed by atoms with van der Waals surface area (Å²) < 4.78 is 14.0. The van der Waals surface area contributed by atoms with E-state index in [1.165, 1.54) is 12.1 Å². The highest BCUT2D eigenvalue weighted by atomic mass is 79.9. The van der Waals surface area contributed by atoms with Crippen LogP contribution in [0.25, 0.3) is 0 Å². The van der Waals surface area contributed by atoms with E-state index in [4.69, 9.17) is 5.73 Å². The molecule has 0 radical (unpaired) electrons. The van der Waals surface area contributed by atoms with E-state index in [2.05, 4.69) is 20.9 Å². The molecule has 2 rings (SSSR count). The summed E-state index contributed by atoms with van der Waals surface area (Å²) in [6, 6.07) is 8.49. The van der Waals surface area contributed by atoms with Crippen LogP contribution in [0.15, 0.2) is 41.0 Å². The summed E-state index contributed by atoms with van der Waals surface area (Å²) in [5.74, 6) is 0.322. The van der Waals surface area contributed by atoms with Crippen LogP contribution in [0, 0.1) is 5.82 Å². The van der Waals surface area contributed by atoms with Crippen molar-refractivity contribution in [2.45, 2.75) is 12.8 Å². The fourth-order valence-electron chi connectivity index (χ4n) is 1.67. The van der Waals surface area contributed by atoms with Crippen molar-refractivity contribution in [3.63, 3.8) is 0 Å². The van der Waals surface area contributed by atoms with Gasteiger partial charge in [0.1, 0.15) is 11.6 Å². The molecule has 0 atom stereocenters. The molecule has 2 nitrogen and oxygen atoms in total. The smallest absolute Gasteiger partial charge is 0.126 e. The maximum Gasteiger partial charge on any atom is 0.126 e. The Bertz CT molecular complexity index is 529. The maximum atomic E-state index is 13.1. The van der Waals surface area contributed by atoms with Crippen LogP contribution in [-0.2, 0) is 12.8 Å². The van der Waals surface area contributed by atoms with Crippen molar-refractivity contribution in [2.75, 3.05) is 5.73 Å². The Hall–Kier alpha value is -1.42. The van der Waals surface area contributed by atoms with Crippen LogP contribution < -0.4 is 5.73 Å². The topological polar surface area (TPSA) is 38.9 Å². The Morgan fingerprint density at radius 3 is 2.71 bits per heavy atom. The van der Waals surface area contributed by atoms with Gasteiger partial charge >= 0.3 is 0 Å². The summed E-state index contributed by atoms with van der Waals surface area (Å²) in [5.41, 5.74) is 7.68. The molecule has 0 aliphatic rings. The second-order valence-electron chi connectivity index (χ2n) is 3.78. The SMILES string of the molecule is Nc1ncccc1CCc1cc(F)ccc1Br. The van der Waals surface area contributed by atoms with Crippen molar-refractivity contribution in [1.29, 1.82) is 0 Å². The molecule has 0 fully saturated rings. The van der Waals surface area contributed by atoms with Crippen LogP contribution in [0.2, 0.25) is 0 Å². The number of pyridine rings is 1. The lowest BCUT2D eigenvalue weighted by Gasteiger charge is -2.06. The summed E-state index contributed by atoms with van der Waals surface area (Å²) in [5, 5.41) is 0. The fraction of sp³-hybridized carbons (Fsp3) is 0.154. The molecule has 0 aliphatic heterocycles. The van der Waals surface area contributed by atoms with Crippen LogP contribution >= 0.6 is 15.9 Å². The average Bonchev–Trinajstić information content (AvgIpc) is 2.32. The lowest BCUT2D eigenvalue weighted by molar-refractivity contribution is 0.624. The van der Waals surface area contributed by atoms with Crippen LogP contribution in [0.3, 0.4) is 0 Å². The molecule has 0 spiro atoms. The molecule has 0 aliphatic carbocycles. The zero-order valence-electron chi connectivity index (χ0n) is 9.16. The van der Waals surface area contributed by atoms with Gasteiger partial charge in [-0.1, -0.05) is 22.0 Å². The second kappa shape index (κ2) is 5.27. The quantitative estimate of drug-likeness (QED) is 0.943. The van der Waals surface area contributed by atoms with Gasteiger partial charge in [-0.3, -0.25) is 0 Å². The van der Waals surface area contributed by atoms with Crippen LogP contribution in [0.4, 0.5) is 10.2 Å². The standard InChI is InChI=1S/C13H12BrFN2/c14-12-6-5-11(15)8-10(12)4-3-9-2-1-7-17-13(9)16/h1-2,5-8H,3-4H2,(H2,16,17). The van der Waals surface area contributed by atoms with E-state index in [0.717, 1.165) is 28.4 Å². The van der Waals surface area contributed by atoms with Crippen molar-refractivity contribution >= 4 is 21.7 Å². The van der Waals surface area contributed by atoms with Gasteiger partial charge in [-0.25, -0.2) is 9.37 Å². The van der Waals surface area contributed by atoms with Gasteiger partial charge in [0.15, 0.2) is 0 Å². The monoisotopic (exact) mass is 294 g/mol. The molecule has 0 saturated heterocycles. The van der Waals surface area contributed by atoms with Crippen molar-refractivity contribution in [1.82, 2.24) is 4.98 Å². The summed E-state index contributed by atoms with van der Waals surface area (Å²) >= 11 is 3.41. The van der Waals surface area contributed by atoms with E-state index in [1.54, 1.807) is 12.3 Å². The van der Waals surface area contributed by atoms with Gasteiger partial charge < -0.3 is 5.73 Å². The lowest BCUT2D eigenvalue weighted by atomic mass is 10.1.